The zero-order chi connectivity index (χ0) is 12.3. The fourth-order valence-corrected chi connectivity index (χ4v) is 1.94. The largest absolute Gasteiger partial charge is 0.467 e. The Hall–Kier alpha value is -1.52. The Morgan fingerprint density at radius 1 is 1.47 bits per heavy atom. The van der Waals surface area contributed by atoms with Crippen molar-refractivity contribution < 1.29 is 4.42 Å². The fraction of sp³-hybridized carbons (Fsp3) is 0.250. The zero-order valence-electron chi connectivity index (χ0n) is 9.56. The summed E-state index contributed by atoms with van der Waals surface area (Å²) in [5.74, 6) is 1.58. The lowest BCUT2D eigenvalue weighted by molar-refractivity contribution is 0.507. The minimum Gasteiger partial charge on any atom is -0.467 e. The maximum absolute atomic E-state index is 6.23. The normalized spacial score (nSPS) is 10.5. The molecule has 0 spiro atoms. The van der Waals surface area contributed by atoms with E-state index in [0.717, 1.165) is 11.3 Å². The van der Waals surface area contributed by atoms with Gasteiger partial charge in [-0.05, 0) is 23.8 Å². The highest BCUT2D eigenvalue weighted by molar-refractivity contribution is 6.33. The highest BCUT2D eigenvalue weighted by Gasteiger charge is 2.12. The number of pyridine rings is 1. The summed E-state index contributed by atoms with van der Waals surface area (Å²) in [6.45, 7) is 1.02. The summed E-state index contributed by atoms with van der Waals surface area (Å²) < 4.78 is 5.28. The highest BCUT2D eigenvalue weighted by atomic mass is 35.5. The van der Waals surface area contributed by atoms with Gasteiger partial charge < -0.3 is 15.1 Å². The zero-order valence-corrected chi connectivity index (χ0v) is 10.3. The van der Waals surface area contributed by atoms with Crippen molar-refractivity contribution in [2.24, 2.45) is 5.73 Å². The van der Waals surface area contributed by atoms with Crippen molar-refractivity contribution in [3.05, 3.63) is 47.0 Å². The number of furan rings is 1. The molecule has 90 valence electrons. The second-order valence-electron chi connectivity index (χ2n) is 3.75. The first-order chi connectivity index (χ1) is 8.22. The first kappa shape index (κ1) is 12.0. The van der Waals surface area contributed by atoms with Gasteiger partial charge >= 0.3 is 0 Å². The quantitative estimate of drug-likeness (QED) is 0.907. The molecule has 17 heavy (non-hydrogen) atoms. The van der Waals surface area contributed by atoms with E-state index in [1.54, 1.807) is 12.5 Å². The van der Waals surface area contributed by atoms with Gasteiger partial charge in [-0.15, -0.1) is 0 Å². The van der Waals surface area contributed by atoms with Gasteiger partial charge in [0.25, 0.3) is 0 Å². The molecule has 0 aliphatic rings. The van der Waals surface area contributed by atoms with E-state index in [1.165, 1.54) is 0 Å². The molecule has 2 aromatic heterocycles. The molecule has 0 aliphatic carbocycles. The Morgan fingerprint density at radius 3 is 2.94 bits per heavy atom. The van der Waals surface area contributed by atoms with Crippen LogP contribution in [0, 0.1) is 0 Å². The number of aromatic nitrogens is 1. The lowest BCUT2D eigenvalue weighted by Gasteiger charge is -2.19. The Balaban J connectivity index is 2.22. The van der Waals surface area contributed by atoms with Crippen LogP contribution in [0.2, 0.25) is 5.02 Å². The van der Waals surface area contributed by atoms with Gasteiger partial charge in [0, 0.05) is 19.8 Å². The Bertz CT molecular complexity index is 485. The van der Waals surface area contributed by atoms with Gasteiger partial charge in [0.15, 0.2) is 0 Å². The van der Waals surface area contributed by atoms with Crippen LogP contribution >= 0.6 is 11.6 Å². The lowest BCUT2D eigenvalue weighted by atomic mass is 10.2. The first-order valence-corrected chi connectivity index (χ1v) is 5.67. The summed E-state index contributed by atoms with van der Waals surface area (Å²) in [4.78, 5) is 6.19. The van der Waals surface area contributed by atoms with Gasteiger partial charge in [0.05, 0.1) is 17.8 Å². The Labute approximate surface area is 105 Å². The summed E-state index contributed by atoms with van der Waals surface area (Å²) in [5.41, 5.74) is 6.50. The molecule has 0 saturated heterocycles. The Morgan fingerprint density at radius 2 is 2.29 bits per heavy atom. The number of halogens is 1. The molecular weight excluding hydrogens is 238 g/mol. The first-order valence-electron chi connectivity index (χ1n) is 5.29. The van der Waals surface area contributed by atoms with E-state index in [-0.39, 0.29) is 0 Å². The molecule has 0 fully saturated rings. The summed E-state index contributed by atoms with van der Waals surface area (Å²) >= 11 is 6.23. The molecule has 2 rings (SSSR count). The molecule has 0 aliphatic heterocycles. The van der Waals surface area contributed by atoms with Gasteiger partial charge in [-0.2, -0.15) is 0 Å². The van der Waals surface area contributed by atoms with E-state index >= 15 is 0 Å². The molecule has 0 saturated carbocycles. The van der Waals surface area contributed by atoms with Crippen molar-refractivity contribution in [3.8, 4) is 0 Å². The van der Waals surface area contributed by atoms with E-state index in [4.69, 9.17) is 21.8 Å². The predicted octanol–water partition coefficient (Wildman–Crippen LogP) is 2.42. The molecule has 0 amide bonds. The van der Waals surface area contributed by atoms with Crippen LogP contribution < -0.4 is 10.6 Å². The highest BCUT2D eigenvalue weighted by Crippen LogP contribution is 2.26. The predicted molar refractivity (Wildman–Crippen MR) is 68.0 cm³/mol. The van der Waals surface area contributed by atoms with E-state index in [1.807, 2.05) is 30.1 Å². The topological polar surface area (TPSA) is 55.3 Å². The third-order valence-corrected chi connectivity index (χ3v) is 2.92. The molecule has 0 unspecified atom stereocenters. The van der Waals surface area contributed by atoms with E-state index in [9.17, 15) is 0 Å². The molecule has 2 N–H and O–H groups in total. The second-order valence-corrected chi connectivity index (χ2v) is 4.13. The lowest BCUT2D eigenvalue weighted by Crippen LogP contribution is -2.18. The summed E-state index contributed by atoms with van der Waals surface area (Å²) in [5, 5.41) is 0.601. The van der Waals surface area contributed by atoms with Gasteiger partial charge in [-0.25, -0.2) is 4.98 Å². The van der Waals surface area contributed by atoms with Crippen molar-refractivity contribution in [1.82, 2.24) is 4.98 Å². The van der Waals surface area contributed by atoms with Crippen molar-refractivity contribution in [2.75, 3.05) is 11.9 Å². The fourth-order valence-electron chi connectivity index (χ4n) is 1.61. The standard InChI is InChI=1S/C12H14ClN3O/c1-16(8-10-3-2-6-17-10)12-11(13)9(7-14)4-5-15-12/h2-6H,7-8,14H2,1H3. The van der Waals surface area contributed by atoms with Crippen LogP contribution in [0.5, 0.6) is 0 Å². The van der Waals surface area contributed by atoms with E-state index in [2.05, 4.69) is 4.98 Å². The smallest absolute Gasteiger partial charge is 0.147 e. The minimum atomic E-state index is 0.406. The van der Waals surface area contributed by atoms with Crippen LogP contribution in [0.3, 0.4) is 0 Å². The summed E-state index contributed by atoms with van der Waals surface area (Å²) in [6, 6.07) is 5.60. The molecule has 0 bridgehead atoms. The van der Waals surface area contributed by atoms with Gasteiger partial charge in [-0.1, -0.05) is 11.6 Å². The van der Waals surface area contributed by atoms with Crippen molar-refractivity contribution in [1.29, 1.82) is 0 Å². The van der Waals surface area contributed by atoms with Crippen LogP contribution in [0.15, 0.2) is 35.1 Å². The van der Waals surface area contributed by atoms with Crippen molar-refractivity contribution in [2.45, 2.75) is 13.1 Å². The molecule has 2 heterocycles. The van der Waals surface area contributed by atoms with Gasteiger partial charge in [-0.3, -0.25) is 0 Å². The number of nitrogens with zero attached hydrogens (tertiary/aromatic N) is 2. The number of anilines is 1. The molecule has 2 aromatic rings. The van der Waals surface area contributed by atoms with Crippen LogP contribution in [-0.4, -0.2) is 12.0 Å². The summed E-state index contributed by atoms with van der Waals surface area (Å²) in [6.07, 6.45) is 3.36. The second kappa shape index (κ2) is 5.21. The van der Waals surface area contributed by atoms with Crippen molar-refractivity contribution >= 4 is 17.4 Å². The monoisotopic (exact) mass is 251 g/mol. The van der Waals surface area contributed by atoms with E-state index in [0.29, 0.717) is 23.9 Å². The SMILES string of the molecule is CN(Cc1ccco1)c1nccc(CN)c1Cl. The van der Waals surface area contributed by atoms with E-state index < -0.39 is 0 Å². The number of nitrogens with two attached hydrogens (primary N) is 1. The van der Waals surface area contributed by atoms with Crippen LogP contribution in [0.25, 0.3) is 0 Å². The molecule has 4 nitrogen and oxygen atoms in total. The number of rotatable bonds is 4. The van der Waals surface area contributed by atoms with Crippen LogP contribution in [-0.2, 0) is 13.1 Å². The molecule has 5 heteroatoms. The third-order valence-electron chi connectivity index (χ3n) is 2.51. The minimum absolute atomic E-state index is 0.406. The van der Waals surface area contributed by atoms with Crippen LogP contribution in [0.4, 0.5) is 5.82 Å². The maximum atomic E-state index is 6.23. The molecule has 0 atom stereocenters. The third kappa shape index (κ3) is 2.60. The number of hydrogen-bond donors (Lipinski definition) is 1. The average molecular weight is 252 g/mol. The molecule has 0 radical (unpaired) electrons. The average Bonchev–Trinajstić information content (AvgIpc) is 2.82. The van der Waals surface area contributed by atoms with Crippen LogP contribution in [0.1, 0.15) is 11.3 Å². The molecular formula is C12H14ClN3O. The van der Waals surface area contributed by atoms with Crippen molar-refractivity contribution in [3.63, 3.8) is 0 Å². The Kier molecular flexibility index (Phi) is 3.66. The van der Waals surface area contributed by atoms with Gasteiger partial charge in [0.1, 0.15) is 11.6 Å². The maximum Gasteiger partial charge on any atom is 0.147 e. The summed E-state index contributed by atoms with van der Waals surface area (Å²) in [7, 11) is 1.91. The van der Waals surface area contributed by atoms with Gasteiger partial charge in [0.2, 0.25) is 0 Å². The molecule has 0 aromatic carbocycles. The number of hydrogen-bond acceptors (Lipinski definition) is 4.